The smallest absolute Gasteiger partial charge is 0.234 e. The summed E-state index contributed by atoms with van der Waals surface area (Å²) in [7, 11) is 3.22. The van der Waals surface area contributed by atoms with Gasteiger partial charge in [0.05, 0.1) is 37.2 Å². The number of hydrogen-bond acceptors (Lipinski definition) is 5. The monoisotopic (exact) mass is 496 g/mol. The molecule has 2 atom stereocenters. The molecule has 1 aromatic heterocycles. The van der Waals surface area contributed by atoms with Crippen LogP contribution in [0.4, 0.5) is 11.6 Å². The van der Waals surface area contributed by atoms with Gasteiger partial charge in [0.15, 0.2) is 0 Å². The van der Waals surface area contributed by atoms with Crippen LogP contribution in [0.1, 0.15) is 24.4 Å². The number of carbonyl (C=O) groups excluding carboxylic acids is 2. The van der Waals surface area contributed by atoms with Crippen LogP contribution >= 0.6 is 0 Å². The lowest BCUT2D eigenvalue weighted by Crippen LogP contribution is -2.49. The molecular formula is C29H28N4O4. The summed E-state index contributed by atoms with van der Waals surface area (Å²) in [6.45, 7) is 1.24. The first-order valence-electron chi connectivity index (χ1n) is 12.5. The number of hydrogen-bond donors (Lipinski definition) is 0. The van der Waals surface area contributed by atoms with Gasteiger partial charge < -0.3 is 18.9 Å². The number of benzene rings is 3. The number of ether oxygens (including phenoxy) is 2. The molecule has 0 spiro atoms. The Labute approximate surface area is 215 Å². The summed E-state index contributed by atoms with van der Waals surface area (Å²) >= 11 is 0. The second-order valence-electron chi connectivity index (χ2n) is 9.34. The van der Waals surface area contributed by atoms with Crippen molar-refractivity contribution < 1.29 is 19.1 Å². The summed E-state index contributed by atoms with van der Waals surface area (Å²) in [5.74, 6) is 1.48. The topological polar surface area (TPSA) is 76.9 Å². The first kappa shape index (κ1) is 23.1. The molecule has 0 saturated carbocycles. The van der Waals surface area contributed by atoms with Gasteiger partial charge in [-0.05, 0) is 48.9 Å². The number of piperidine rings is 1. The second kappa shape index (κ2) is 9.28. The molecule has 0 unspecified atom stereocenters. The van der Waals surface area contributed by atoms with Crippen LogP contribution in [0.25, 0.3) is 11.0 Å². The highest BCUT2D eigenvalue weighted by Gasteiger charge is 2.45. The highest BCUT2D eigenvalue weighted by atomic mass is 16.5. The van der Waals surface area contributed by atoms with Crippen LogP contribution in [-0.2, 0) is 16.1 Å². The number of aromatic nitrogens is 2. The molecule has 4 aromatic rings. The van der Waals surface area contributed by atoms with Crippen LogP contribution in [0.3, 0.4) is 0 Å². The van der Waals surface area contributed by atoms with Gasteiger partial charge in [-0.15, -0.1) is 0 Å². The number of carbonyl (C=O) groups is 2. The van der Waals surface area contributed by atoms with E-state index in [1.54, 1.807) is 24.0 Å². The van der Waals surface area contributed by atoms with E-state index in [-0.39, 0.29) is 18.2 Å². The summed E-state index contributed by atoms with van der Waals surface area (Å²) in [4.78, 5) is 36.1. The Hall–Kier alpha value is -4.33. The Morgan fingerprint density at radius 2 is 1.68 bits per heavy atom. The molecule has 8 nitrogen and oxygen atoms in total. The Bertz CT molecular complexity index is 1480. The molecule has 188 valence electrons. The number of rotatable bonds is 5. The molecule has 1 saturated heterocycles. The molecule has 0 aliphatic carbocycles. The van der Waals surface area contributed by atoms with Gasteiger partial charge in [-0.3, -0.25) is 14.5 Å². The Morgan fingerprint density at radius 3 is 2.46 bits per heavy atom. The third kappa shape index (κ3) is 3.80. The minimum Gasteiger partial charge on any atom is -0.497 e. The molecule has 1 fully saturated rings. The zero-order valence-electron chi connectivity index (χ0n) is 20.8. The SMILES string of the molecule is COc1ccc(N2C(=O)CC[C@@H](C(=O)N3CCn4c3nc3ccccc34)[C@@H]2c2ccccc2OC)cc1. The van der Waals surface area contributed by atoms with Crippen molar-refractivity contribution in [3.63, 3.8) is 0 Å². The number of para-hydroxylation sites is 3. The van der Waals surface area contributed by atoms with E-state index in [9.17, 15) is 9.59 Å². The van der Waals surface area contributed by atoms with E-state index in [4.69, 9.17) is 14.5 Å². The van der Waals surface area contributed by atoms with Crippen LogP contribution in [0, 0.1) is 5.92 Å². The minimum absolute atomic E-state index is 0.0289. The van der Waals surface area contributed by atoms with Crippen molar-refractivity contribution in [2.45, 2.75) is 25.4 Å². The molecule has 0 N–H and O–H groups in total. The third-order valence-electron chi connectivity index (χ3n) is 7.41. The lowest BCUT2D eigenvalue weighted by molar-refractivity contribution is -0.127. The van der Waals surface area contributed by atoms with Crippen LogP contribution in [0.2, 0.25) is 0 Å². The number of anilines is 2. The van der Waals surface area contributed by atoms with E-state index in [2.05, 4.69) is 4.57 Å². The van der Waals surface area contributed by atoms with Gasteiger partial charge in [0.25, 0.3) is 0 Å². The van der Waals surface area contributed by atoms with Gasteiger partial charge >= 0.3 is 0 Å². The molecule has 2 aliphatic rings. The average molecular weight is 497 g/mol. The normalized spacial score (nSPS) is 19.2. The van der Waals surface area contributed by atoms with Crippen molar-refractivity contribution in [2.75, 3.05) is 30.6 Å². The van der Waals surface area contributed by atoms with Crippen LogP contribution in [-0.4, -0.2) is 42.1 Å². The number of imidazole rings is 1. The van der Waals surface area contributed by atoms with Gasteiger partial charge in [0, 0.05) is 30.8 Å². The predicted octanol–water partition coefficient (Wildman–Crippen LogP) is 4.58. The summed E-state index contributed by atoms with van der Waals surface area (Å²) in [5, 5.41) is 0. The van der Waals surface area contributed by atoms with Gasteiger partial charge in [0.1, 0.15) is 11.5 Å². The third-order valence-corrected chi connectivity index (χ3v) is 7.41. The number of nitrogens with zero attached hydrogens (tertiary/aromatic N) is 4. The van der Waals surface area contributed by atoms with E-state index in [0.29, 0.717) is 42.6 Å². The van der Waals surface area contributed by atoms with Crippen molar-refractivity contribution in [3.05, 3.63) is 78.4 Å². The molecule has 6 rings (SSSR count). The molecule has 8 heteroatoms. The van der Waals surface area contributed by atoms with Gasteiger partial charge in [-0.25, -0.2) is 4.98 Å². The van der Waals surface area contributed by atoms with E-state index in [1.807, 2.05) is 72.8 Å². The summed E-state index contributed by atoms with van der Waals surface area (Å²) in [6, 6.07) is 22.4. The lowest BCUT2D eigenvalue weighted by Gasteiger charge is -2.42. The molecule has 0 radical (unpaired) electrons. The van der Waals surface area contributed by atoms with Gasteiger partial charge in [-0.2, -0.15) is 0 Å². The Balaban J connectivity index is 1.44. The number of fused-ring (bicyclic) bond motifs is 3. The van der Waals surface area contributed by atoms with Crippen LogP contribution in [0.15, 0.2) is 72.8 Å². The maximum absolute atomic E-state index is 14.3. The highest BCUT2D eigenvalue weighted by Crippen LogP contribution is 2.44. The number of methoxy groups -OCH3 is 2. The van der Waals surface area contributed by atoms with Crippen molar-refractivity contribution >= 4 is 34.5 Å². The highest BCUT2D eigenvalue weighted by molar-refractivity contribution is 6.02. The van der Waals surface area contributed by atoms with Crippen molar-refractivity contribution in [1.29, 1.82) is 0 Å². The molecule has 0 bridgehead atoms. The molecule has 3 aromatic carbocycles. The van der Waals surface area contributed by atoms with E-state index in [1.165, 1.54) is 0 Å². The maximum atomic E-state index is 14.3. The largest absolute Gasteiger partial charge is 0.497 e. The van der Waals surface area contributed by atoms with E-state index in [0.717, 1.165) is 16.6 Å². The van der Waals surface area contributed by atoms with Crippen molar-refractivity contribution in [3.8, 4) is 11.5 Å². The quantitative estimate of drug-likeness (QED) is 0.404. The molecule has 2 amide bonds. The Morgan fingerprint density at radius 1 is 0.919 bits per heavy atom. The van der Waals surface area contributed by atoms with Crippen LogP contribution < -0.4 is 19.3 Å². The first-order chi connectivity index (χ1) is 18.1. The average Bonchev–Trinajstić information content (AvgIpc) is 3.52. The maximum Gasteiger partial charge on any atom is 0.234 e. The minimum atomic E-state index is -0.531. The second-order valence-corrected chi connectivity index (χ2v) is 9.34. The van der Waals surface area contributed by atoms with Crippen LogP contribution in [0.5, 0.6) is 11.5 Å². The van der Waals surface area contributed by atoms with Gasteiger partial charge in [-0.1, -0.05) is 30.3 Å². The zero-order chi connectivity index (χ0) is 25.5. The fourth-order valence-corrected chi connectivity index (χ4v) is 5.66. The Kier molecular flexibility index (Phi) is 5.79. The fraction of sp³-hybridized carbons (Fsp3) is 0.276. The first-order valence-corrected chi connectivity index (χ1v) is 12.5. The van der Waals surface area contributed by atoms with Crippen molar-refractivity contribution in [1.82, 2.24) is 9.55 Å². The van der Waals surface area contributed by atoms with Gasteiger partial charge in [0.2, 0.25) is 17.8 Å². The lowest BCUT2D eigenvalue weighted by atomic mass is 9.82. The molecule has 37 heavy (non-hydrogen) atoms. The molecule has 3 heterocycles. The fourth-order valence-electron chi connectivity index (χ4n) is 5.66. The molecule has 2 aliphatic heterocycles. The zero-order valence-corrected chi connectivity index (χ0v) is 20.8. The summed E-state index contributed by atoms with van der Waals surface area (Å²) in [6.07, 6.45) is 0.724. The van der Waals surface area contributed by atoms with Crippen molar-refractivity contribution in [2.24, 2.45) is 5.92 Å². The molecular weight excluding hydrogens is 468 g/mol. The van der Waals surface area contributed by atoms with E-state index < -0.39 is 12.0 Å². The van der Waals surface area contributed by atoms with E-state index >= 15 is 0 Å². The predicted molar refractivity (Wildman–Crippen MR) is 141 cm³/mol. The summed E-state index contributed by atoms with van der Waals surface area (Å²) in [5.41, 5.74) is 3.41. The number of amides is 2. The standard InChI is InChI=1S/C29H28N4O4/c1-36-20-13-11-19(12-14-20)33-26(34)16-15-22(27(33)21-7-3-6-10-25(21)37-2)28(35)32-18-17-31-24-9-5-4-8-23(24)30-29(31)32/h3-14,22,27H,15-18H2,1-2H3/t22-,27+/m1/s1. The summed E-state index contributed by atoms with van der Waals surface area (Å²) < 4.78 is 13.1.